The van der Waals surface area contributed by atoms with Crippen LogP contribution in [0.5, 0.6) is 0 Å². The van der Waals surface area contributed by atoms with Crippen molar-refractivity contribution >= 4 is 21.9 Å². The zero-order chi connectivity index (χ0) is 9.54. The minimum atomic E-state index is -0.344. The van der Waals surface area contributed by atoms with Gasteiger partial charge < -0.3 is 14.3 Å². The van der Waals surface area contributed by atoms with E-state index in [0.29, 0.717) is 5.58 Å². The van der Waals surface area contributed by atoms with Gasteiger partial charge in [-0.25, -0.2) is 4.79 Å². The molecule has 0 saturated heterocycles. The molecular formula is C11H8O4. The van der Waals surface area contributed by atoms with E-state index in [2.05, 4.69) is 0 Å². The maximum Gasteiger partial charge on any atom is 0.336 e. The summed E-state index contributed by atoms with van der Waals surface area (Å²) in [7, 11) is 0. The fourth-order valence-corrected chi connectivity index (χ4v) is 1.53. The third kappa shape index (κ3) is 1.41. The molecule has 4 nitrogen and oxygen atoms in total. The number of hydrogen-bond donors (Lipinski definition) is 0. The lowest BCUT2D eigenvalue weighted by molar-refractivity contribution is 0.559. The maximum atomic E-state index is 11.0. The number of rotatable bonds is 0. The fraction of sp³-hybridized carbons (Fsp3) is 0. The summed E-state index contributed by atoms with van der Waals surface area (Å²) >= 11 is 0. The summed E-state index contributed by atoms with van der Waals surface area (Å²) in [5.74, 6) is 0. The Labute approximate surface area is 84.0 Å². The van der Waals surface area contributed by atoms with Crippen molar-refractivity contribution in [2.45, 2.75) is 0 Å². The average Bonchev–Trinajstić information content (AvgIpc) is 2.61. The normalized spacial score (nSPS) is 10.4. The van der Waals surface area contributed by atoms with E-state index in [4.69, 9.17) is 8.83 Å². The second-order valence-electron chi connectivity index (χ2n) is 3.10. The van der Waals surface area contributed by atoms with Crippen LogP contribution in [0.4, 0.5) is 0 Å². The van der Waals surface area contributed by atoms with Crippen molar-refractivity contribution in [3.63, 3.8) is 0 Å². The van der Waals surface area contributed by atoms with Crippen LogP contribution in [0, 0.1) is 0 Å². The molecular weight excluding hydrogens is 196 g/mol. The highest BCUT2D eigenvalue weighted by Crippen LogP contribution is 2.22. The summed E-state index contributed by atoms with van der Waals surface area (Å²) < 4.78 is 10.2. The first-order chi connectivity index (χ1) is 6.83. The molecule has 0 spiro atoms. The zero-order valence-corrected chi connectivity index (χ0v) is 7.69. The number of furan rings is 1. The van der Waals surface area contributed by atoms with Crippen LogP contribution >= 0.6 is 0 Å². The lowest BCUT2D eigenvalue weighted by Crippen LogP contribution is -1.93. The van der Waals surface area contributed by atoms with Gasteiger partial charge in [-0.2, -0.15) is 0 Å². The molecule has 15 heavy (non-hydrogen) atoms. The van der Waals surface area contributed by atoms with Crippen LogP contribution < -0.4 is 5.63 Å². The van der Waals surface area contributed by atoms with Crippen molar-refractivity contribution in [3.8, 4) is 0 Å². The van der Waals surface area contributed by atoms with E-state index in [0.717, 1.165) is 16.4 Å². The molecule has 3 aromatic rings. The first-order valence-corrected chi connectivity index (χ1v) is 4.24. The van der Waals surface area contributed by atoms with Crippen molar-refractivity contribution in [1.29, 1.82) is 0 Å². The number of benzene rings is 1. The Hall–Kier alpha value is -2.07. The highest BCUT2D eigenvalue weighted by molar-refractivity contribution is 5.92. The van der Waals surface area contributed by atoms with Gasteiger partial charge in [0.25, 0.3) is 0 Å². The SMILES string of the molecule is O.O=c1ccc2cc3ccoc3cc2o1. The second-order valence-corrected chi connectivity index (χ2v) is 3.10. The monoisotopic (exact) mass is 204 g/mol. The van der Waals surface area contributed by atoms with Gasteiger partial charge in [-0.1, -0.05) is 0 Å². The van der Waals surface area contributed by atoms with Crippen molar-refractivity contribution < 1.29 is 14.3 Å². The van der Waals surface area contributed by atoms with Gasteiger partial charge in [0.1, 0.15) is 11.2 Å². The van der Waals surface area contributed by atoms with Crippen LogP contribution in [-0.4, -0.2) is 5.48 Å². The molecule has 0 aliphatic rings. The van der Waals surface area contributed by atoms with Crippen molar-refractivity contribution in [2.24, 2.45) is 0 Å². The molecule has 3 rings (SSSR count). The zero-order valence-electron chi connectivity index (χ0n) is 7.69. The maximum absolute atomic E-state index is 11.0. The summed E-state index contributed by atoms with van der Waals surface area (Å²) in [4.78, 5) is 11.0. The van der Waals surface area contributed by atoms with Gasteiger partial charge >= 0.3 is 5.63 Å². The van der Waals surface area contributed by atoms with E-state index in [1.807, 2.05) is 12.1 Å². The topological polar surface area (TPSA) is 74.8 Å². The minimum Gasteiger partial charge on any atom is -0.464 e. The summed E-state index contributed by atoms with van der Waals surface area (Å²) in [6.07, 6.45) is 1.61. The van der Waals surface area contributed by atoms with Gasteiger partial charge in [0.15, 0.2) is 0 Å². The molecule has 0 atom stereocenters. The minimum absolute atomic E-state index is 0. The Kier molecular flexibility index (Phi) is 2.06. The molecule has 0 amide bonds. The van der Waals surface area contributed by atoms with Gasteiger partial charge in [-0.05, 0) is 18.2 Å². The molecule has 4 heteroatoms. The van der Waals surface area contributed by atoms with Crippen LogP contribution in [0.2, 0.25) is 0 Å². The van der Waals surface area contributed by atoms with E-state index in [1.165, 1.54) is 6.07 Å². The smallest absolute Gasteiger partial charge is 0.336 e. The average molecular weight is 204 g/mol. The van der Waals surface area contributed by atoms with E-state index in [-0.39, 0.29) is 11.1 Å². The fourth-order valence-electron chi connectivity index (χ4n) is 1.53. The van der Waals surface area contributed by atoms with Crippen molar-refractivity contribution in [1.82, 2.24) is 0 Å². The van der Waals surface area contributed by atoms with Crippen molar-refractivity contribution in [2.75, 3.05) is 0 Å². The number of hydrogen-bond acceptors (Lipinski definition) is 3. The molecule has 2 aromatic heterocycles. The van der Waals surface area contributed by atoms with Crippen LogP contribution in [0.25, 0.3) is 21.9 Å². The van der Waals surface area contributed by atoms with Crippen molar-refractivity contribution in [3.05, 3.63) is 47.0 Å². The van der Waals surface area contributed by atoms with Gasteiger partial charge in [0, 0.05) is 22.9 Å². The van der Waals surface area contributed by atoms with Crippen LogP contribution in [0.3, 0.4) is 0 Å². The van der Waals surface area contributed by atoms with Crippen LogP contribution in [0.1, 0.15) is 0 Å². The standard InChI is InChI=1S/C11H6O3.H2O/c12-11-2-1-7-5-8-3-4-13-9(8)6-10(7)14-11;/h1-6H;1H2. The van der Waals surface area contributed by atoms with Gasteiger partial charge in [0.2, 0.25) is 0 Å². The highest BCUT2D eigenvalue weighted by atomic mass is 16.4. The van der Waals surface area contributed by atoms with Gasteiger partial charge in [-0.15, -0.1) is 0 Å². The molecule has 0 aliphatic carbocycles. The highest BCUT2D eigenvalue weighted by Gasteiger charge is 2.01. The Morgan fingerprint density at radius 2 is 1.73 bits per heavy atom. The molecule has 0 bridgehead atoms. The number of fused-ring (bicyclic) bond motifs is 2. The lowest BCUT2D eigenvalue weighted by atomic mass is 10.2. The summed E-state index contributed by atoms with van der Waals surface area (Å²) in [5.41, 5.74) is 0.940. The third-order valence-corrected chi connectivity index (χ3v) is 2.19. The lowest BCUT2D eigenvalue weighted by Gasteiger charge is -1.94. The molecule has 76 valence electrons. The Morgan fingerprint density at radius 1 is 0.933 bits per heavy atom. The third-order valence-electron chi connectivity index (χ3n) is 2.19. The van der Waals surface area contributed by atoms with E-state index in [9.17, 15) is 4.79 Å². The van der Waals surface area contributed by atoms with Gasteiger partial charge in [0.05, 0.1) is 6.26 Å². The predicted octanol–water partition coefficient (Wildman–Crippen LogP) is 1.71. The molecule has 2 N–H and O–H groups in total. The molecule has 0 fully saturated rings. The quantitative estimate of drug-likeness (QED) is 0.523. The van der Waals surface area contributed by atoms with Crippen LogP contribution in [0.15, 0.2) is 50.2 Å². The van der Waals surface area contributed by atoms with E-state index in [1.54, 1.807) is 18.4 Å². The Bertz CT molecular complexity index is 663. The molecule has 0 saturated carbocycles. The molecule has 0 radical (unpaired) electrons. The summed E-state index contributed by atoms with van der Waals surface area (Å²) in [6, 6.07) is 8.69. The first-order valence-electron chi connectivity index (χ1n) is 4.24. The largest absolute Gasteiger partial charge is 0.464 e. The molecule has 0 aliphatic heterocycles. The van der Waals surface area contributed by atoms with Crippen LogP contribution in [-0.2, 0) is 0 Å². The Morgan fingerprint density at radius 3 is 2.60 bits per heavy atom. The summed E-state index contributed by atoms with van der Waals surface area (Å²) in [6.45, 7) is 0. The first kappa shape index (κ1) is 9.48. The molecule has 2 heterocycles. The summed E-state index contributed by atoms with van der Waals surface area (Å²) in [5, 5.41) is 1.91. The Balaban J connectivity index is 0.000000853. The van der Waals surface area contributed by atoms with E-state index < -0.39 is 0 Å². The second kappa shape index (κ2) is 3.25. The van der Waals surface area contributed by atoms with Gasteiger partial charge in [-0.3, -0.25) is 0 Å². The molecule has 1 aromatic carbocycles. The predicted molar refractivity (Wildman–Crippen MR) is 55.9 cm³/mol. The molecule has 0 unspecified atom stereocenters. The van der Waals surface area contributed by atoms with E-state index >= 15 is 0 Å².